The largest absolute Gasteiger partial charge is 0.464 e. The smallest absolute Gasteiger partial charge is 0.357 e. The van der Waals surface area contributed by atoms with Crippen molar-refractivity contribution in [1.82, 2.24) is 10.3 Å². The zero-order chi connectivity index (χ0) is 10.6. The van der Waals surface area contributed by atoms with Crippen molar-refractivity contribution in [2.45, 2.75) is 19.4 Å². The predicted molar refractivity (Wildman–Crippen MR) is 55.7 cm³/mol. The number of ether oxygens (including phenoxy) is 1. The fraction of sp³-hybridized carbons (Fsp3) is 0.556. The summed E-state index contributed by atoms with van der Waals surface area (Å²) in [7, 11) is 3.26. The van der Waals surface area contributed by atoms with Crippen LogP contribution in [0.3, 0.4) is 0 Å². The third-order valence-electron chi connectivity index (χ3n) is 1.92. The Morgan fingerprint density at radius 1 is 1.79 bits per heavy atom. The summed E-state index contributed by atoms with van der Waals surface area (Å²) in [6, 6.07) is 0.367. The number of rotatable bonds is 4. The molecule has 0 spiro atoms. The van der Waals surface area contributed by atoms with Crippen molar-refractivity contribution in [3.05, 3.63) is 16.1 Å². The summed E-state index contributed by atoms with van der Waals surface area (Å²) in [5.41, 5.74) is 0.399. The monoisotopic (exact) mass is 214 g/mol. The van der Waals surface area contributed by atoms with Gasteiger partial charge >= 0.3 is 5.97 Å². The first kappa shape index (κ1) is 11.1. The molecule has 4 nitrogen and oxygen atoms in total. The first-order chi connectivity index (χ1) is 6.67. The highest BCUT2D eigenvalue weighted by atomic mass is 32.1. The lowest BCUT2D eigenvalue weighted by atomic mass is 10.2. The molecule has 1 aromatic rings. The van der Waals surface area contributed by atoms with Crippen molar-refractivity contribution in [1.29, 1.82) is 0 Å². The number of nitrogens with one attached hydrogen (secondary N) is 1. The van der Waals surface area contributed by atoms with E-state index in [2.05, 4.69) is 22.0 Å². The van der Waals surface area contributed by atoms with Gasteiger partial charge in [-0.25, -0.2) is 9.78 Å². The number of aromatic nitrogens is 1. The van der Waals surface area contributed by atoms with Crippen LogP contribution in [0.4, 0.5) is 0 Å². The van der Waals surface area contributed by atoms with Gasteiger partial charge in [-0.2, -0.15) is 0 Å². The Hall–Kier alpha value is -0.940. The van der Waals surface area contributed by atoms with Crippen LogP contribution in [0.1, 0.15) is 22.4 Å². The van der Waals surface area contributed by atoms with Gasteiger partial charge in [0.15, 0.2) is 5.69 Å². The molecule has 0 aliphatic carbocycles. The lowest BCUT2D eigenvalue weighted by Crippen LogP contribution is -2.23. The van der Waals surface area contributed by atoms with Gasteiger partial charge in [-0.1, -0.05) is 0 Å². The number of likely N-dealkylation sites (N-methyl/N-ethyl adjacent to an activating group) is 1. The Morgan fingerprint density at radius 3 is 3.07 bits per heavy atom. The average molecular weight is 214 g/mol. The third-order valence-corrected chi connectivity index (χ3v) is 2.79. The maximum absolute atomic E-state index is 11.1. The Labute approximate surface area is 87.3 Å². The van der Waals surface area contributed by atoms with Crippen molar-refractivity contribution in [3.8, 4) is 0 Å². The van der Waals surface area contributed by atoms with E-state index >= 15 is 0 Å². The average Bonchev–Trinajstić information content (AvgIpc) is 2.65. The first-order valence-electron chi connectivity index (χ1n) is 4.37. The van der Waals surface area contributed by atoms with Crippen LogP contribution in [0.5, 0.6) is 0 Å². The van der Waals surface area contributed by atoms with Crippen molar-refractivity contribution in [3.63, 3.8) is 0 Å². The zero-order valence-corrected chi connectivity index (χ0v) is 9.35. The summed E-state index contributed by atoms with van der Waals surface area (Å²) in [4.78, 5) is 15.3. The van der Waals surface area contributed by atoms with Crippen molar-refractivity contribution in [2.24, 2.45) is 0 Å². The van der Waals surface area contributed by atoms with Gasteiger partial charge in [0.1, 0.15) is 0 Å². The van der Waals surface area contributed by atoms with E-state index in [0.29, 0.717) is 11.7 Å². The molecule has 0 aromatic carbocycles. The third kappa shape index (κ3) is 2.78. The van der Waals surface area contributed by atoms with E-state index in [1.807, 2.05) is 7.05 Å². The Balaban J connectivity index is 2.63. The highest BCUT2D eigenvalue weighted by molar-refractivity contribution is 7.09. The molecule has 0 saturated heterocycles. The Bertz CT molecular complexity index is 312. The van der Waals surface area contributed by atoms with Crippen LogP contribution in [0.25, 0.3) is 0 Å². The Morgan fingerprint density at radius 2 is 2.50 bits per heavy atom. The summed E-state index contributed by atoms with van der Waals surface area (Å²) < 4.78 is 4.57. The van der Waals surface area contributed by atoms with E-state index in [4.69, 9.17) is 0 Å². The molecule has 0 amide bonds. The number of hydrogen-bond donors (Lipinski definition) is 1. The van der Waals surface area contributed by atoms with Gasteiger partial charge in [0, 0.05) is 17.8 Å². The molecule has 0 aliphatic rings. The normalized spacial score (nSPS) is 12.5. The van der Waals surface area contributed by atoms with E-state index in [1.54, 1.807) is 5.38 Å². The molecular weight excluding hydrogens is 200 g/mol. The molecule has 1 atom stereocenters. The second kappa shape index (κ2) is 5.07. The molecular formula is C9H14N2O2S. The van der Waals surface area contributed by atoms with Crippen molar-refractivity contribution >= 4 is 17.3 Å². The van der Waals surface area contributed by atoms with E-state index in [1.165, 1.54) is 18.4 Å². The summed E-state index contributed by atoms with van der Waals surface area (Å²) >= 11 is 1.48. The molecule has 14 heavy (non-hydrogen) atoms. The van der Waals surface area contributed by atoms with Crippen molar-refractivity contribution in [2.75, 3.05) is 14.2 Å². The molecule has 0 bridgehead atoms. The van der Waals surface area contributed by atoms with Gasteiger partial charge in [-0.15, -0.1) is 11.3 Å². The van der Waals surface area contributed by atoms with Gasteiger partial charge in [-0.05, 0) is 14.0 Å². The summed E-state index contributed by atoms with van der Waals surface area (Å²) in [6.07, 6.45) is 0.832. The minimum Gasteiger partial charge on any atom is -0.464 e. The minimum absolute atomic E-state index is 0.367. The lowest BCUT2D eigenvalue weighted by Gasteiger charge is -2.05. The second-order valence-corrected chi connectivity index (χ2v) is 3.95. The maximum atomic E-state index is 11.1. The van der Waals surface area contributed by atoms with Crippen LogP contribution in [0.2, 0.25) is 0 Å². The number of esters is 1. The standard InChI is InChI=1S/C9H14N2O2S/c1-6(10-2)4-8-11-7(5-14-8)9(12)13-3/h5-6,10H,4H2,1-3H3. The molecule has 1 aromatic heterocycles. The molecule has 1 N–H and O–H groups in total. The second-order valence-electron chi connectivity index (χ2n) is 3.01. The Kier molecular flexibility index (Phi) is 4.03. The first-order valence-corrected chi connectivity index (χ1v) is 5.25. The van der Waals surface area contributed by atoms with Gasteiger partial charge in [-0.3, -0.25) is 0 Å². The highest BCUT2D eigenvalue weighted by Gasteiger charge is 2.11. The maximum Gasteiger partial charge on any atom is 0.357 e. The van der Waals surface area contributed by atoms with Crippen LogP contribution in [0.15, 0.2) is 5.38 Å². The molecule has 78 valence electrons. The van der Waals surface area contributed by atoms with Gasteiger partial charge in [0.05, 0.1) is 12.1 Å². The number of carbonyl (C=O) groups is 1. The van der Waals surface area contributed by atoms with Gasteiger partial charge in [0.2, 0.25) is 0 Å². The van der Waals surface area contributed by atoms with E-state index in [9.17, 15) is 4.79 Å². The van der Waals surface area contributed by atoms with Gasteiger partial charge in [0.25, 0.3) is 0 Å². The quantitative estimate of drug-likeness (QED) is 0.762. The zero-order valence-electron chi connectivity index (χ0n) is 8.53. The summed E-state index contributed by atoms with van der Waals surface area (Å²) in [5.74, 6) is -0.371. The topological polar surface area (TPSA) is 51.2 Å². The SMILES string of the molecule is CNC(C)Cc1nc(C(=O)OC)cs1. The number of nitrogens with zero attached hydrogens (tertiary/aromatic N) is 1. The molecule has 0 aliphatic heterocycles. The molecule has 0 radical (unpaired) electrons. The van der Waals surface area contributed by atoms with E-state index in [-0.39, 0.29) is 5.97 Å². The van der Waals surface area contributed by atoms with Gasteiger partial charge < -0.3 is 10.1 Å². The van der Waals surface area contributed by atoms with E-state index in [0.717, 1.165) is 11.4 Å². The predicted octanol–water partition coefficient (Wildman–Crippen LogP) is 1.08. The van der Waals surface area contributed by atoms with Crippen LogP contribution in [-0.2, 0) is 11.2 Å². The summed E-state index contributed by atoms with van der Waals surface area (Å²) in [6.45, 7) is 2.07. The molecule has 5 heteroatoms. The minimum atomic E-state index is -0.371. The number of methoxy groups -OCH3 is 1. The molecule has 1 rings (SSSR count). The fourth-order valence-corrected chi connectivity index (χ4v) is 1.86. The number of carbonyl (C=O) groups excluding carboxylic acids is 1. The van der Waals surface area contributed by atoms with E-state index < -0.39 is 0 Å². The molecule has 0 saturated carbocycles. The van der Waals surface area contributed by atoms with Crippen LogP contribution >= 0.6 is 11.3 Å². The summed E-state index contributed by atoms with van der Waals surface area (Å²) in [5, 5.41) is 5.79. The fourth-order valence-electron chi connectivity index (χ4n) is 0.967. The van der Waals surface area contributed by atoms with Crippen LogP contribution in [0, 0.1) is 0 Å². The lowest BCUT2D eigenvalue weighted by molar-refractivity contribution is 0.0594. The number of thiazole rings is 1. The molecule has 1 heterocycles. The number of hydrogen-bond acceptors (Lipinski definition) is 5. The molecule has 0 fully saturated rings. The molecule has 1 unspecified atom stereocenters. The highest BCUT2D eigenvalue weighted by Crippen LogP contribution is 2.12. The van der Waals surface area contributed by atoms with Crippen LogP contribution in [-0.4, -0.2) is 31.2 Å². The van der Waals surface area contributed by atoms with Crippen molar-refractivity contribution < 1.29 is 9.53 Å². The van der Waals surface area contributed by atoms with Crippen LogP contribution < -0.4 is 5.32 Å².